The zero-order valence-corrected chi connectivity index (χ0v) is 30.4. The number of quaternary nitrogens is 1. The molecule has 3 heterocycles. The highest BCUT2D eigenvalue weighted by molar-refractivity contribution is 5.36. The zero-order chi connectivity index (χ0) is 33.6. The number of benzene rings is 3. The molecule has 3 aromatic rings. The molecule has 4 atom stereocenters. The molecule has 3 aliphatic heterocycles. The molecule has 0 radical (unpaired) electrons. The number of fused-ring (bicyclic) bond motifs is 3. The Morgan fingerprint density at radius 3 is 2.33 bits per heavy atom. The number of phenols is 1. The molecule has 8 nitrogen and oxygen atoms in total. The first-order valence-corrected chi connectivity index (χ1v) is 18.1. The SMILES string of the molecule is CC(NC[C@H](O)c1ccc(O)c(CO)c1)c1ccc(OCCC[N+]23CCC(CC2)[C@@H](OC[C@@](O)(c2ccccc2)C2CCCC2)C3)cc1.[Br-]. The first-order chi connectivity index (χ1) is 23.3. The lowest BCUT2D eigenvalue weighted by Crippen LogP contribution is -3.00. The summed E-state index contributed by atoms with van der Waals surface area (Å²) in [6, 6.07) is 23.2. The van der Waals surface area contributed by atoms with Gasteiger partial charge in [0, 0.05) is 43.3 Å². The van der Waals surface area contributed by atoms with Crippen LogP contribution in [0.2, 0.25) is 0 Å². The summed E-state index contributed by atoms with van der Waals surface area (Å²) in [5, 5.41) is 45.2. The van der Waals surface area contributed by atoms with Crippen molar-refractivity contribution in [3.05, 3.63) is 95.1 Å². The second-order valence-electron chi connectivity index (χ2n) is 14.6. The molecule has 7 rings (SSSR count). The van der Waals surface area contributed by atoms with Crippen LogP contribution in [-0.4, -0.2) is 77.0 Å². The molecule has 3 aromatic carbocycles. The van der Waals surface area contributed by atoms with Crippen LogP contribution < -0.4 is 27.0 Å². The number of ether oxygens (including phenoxy) is 2. The minimum absolute atomic E-state index is 0. The van der Waals surface area contributed by atoms with E-state index in [-0.39, 0.29) is 47.4 Å². The molecule has 4 fully saturated rings. The van der Waals surface area contributed by atoms with E-state index in [0.29, 0.717) is 36.8 Å². The van der Waals surface area contributed by atoms with Crippen molar-refractivity contribution in [2.75, 3.05) is 45.9 Å². The molecule has 1 unspecified atom stereocenters. The standard InChI is InChI=1S/C40H54N2O6.BrH/c1-29(41-25-38(45)32-14-17-37(44)33(24-32)27-43)30-12-15-36(16-13-30)47-23-7-20-42-21-18-31(19-22-42)39(26-42)48-28-40(46,35-10-5-6-11-35)34-8-3-2-4-9-34;/h2-4,8-9,12-17,24,29,31,35,38-39,41,43,45-46H,5-7,10-11,18-23,25-28H2,1H3;1H/t29?,31?,38-,39-,40+,42?;/m0./s1. The summed E-state index contributed by atoms with van der Waals surface area (Å²) >= 11 is 0. The minimum Gasteiger partial charge on any atom is -1.00 e. The summed E-state index contributed by atoms with van der Waals surface area (Å²) in [5.41, 5.74) is 2.24. The van der Waals surface area contributed by atoms with Crippen LogP contribution >= 0.6 is 0 Å². The Bertz CT molecular complexity index is 1440. The van der Waals surface area contributed by atoms with Gasteiger partial charge in [0.15, 0.2) is 0 Å². The number of rotatable bonds is 16. The molecule has 3 saturated heterocycles. The molecule has 5 N–H and O–H groups in total. The van der Waals surface area contributed by atoms with Gasteiger partial charge in [-0.25, -0.2) is 0 Å². The van der Waals surface area contributed by atoms with Gasteiger partial charge in [-0.3, -0.25) is 0 Å². The monoisotopic (exact) mass is 738 g/mol. The molecule has 49 heavy (non-hydrogen) atoms. The van der Waals surface area contributed by atoms with Crippen molar-refractivity contribution in [1.29, 1.82) is 0 Å². The van der Waals surface area contributed by atoms with Gasteiger partial charge in [-0.2, -0.15) is 0 Å². The van der Waals surface area contributed by atoms with Gasteiger partial charge >= 0.3 is 0 Å². The first-order valence-electron chi connectivity index (χ1n) is 18.1. The fourth-order valence-corrected chi connectivity index (χ4v) is 8.43. The average Bonchev–Trinajstić information content (AvgIpc) is 3.69. The maximum Gasteiger partial charge on any atom is 0.121 e. The number of aromatic hydroxyl groups is 1. The van der Waals surface area contributed by atoms with E-state index >= 15 is 0 Å². The van der Waals surface area contributed by atoms with E-state index in [1.165, 1.54) is 44.8 Å². The van der Waals surface area contributed by atoms with Crippen LogP contribution in [0.4, 0.5) is 0 Å². The molecule has 268 valence electrons. The predicted octanol–water partition coefficient (Wildman–Crippen LogP) is 2.75. The largest absolute Gasteiger partial charge is 1.00 e. The van der Waals surface area contributed by atoms with Crippen LogP contribution in [0.25, 0.3) is 0 Å². The number of nitrogens with one attached hydrogen (secondary N) is 1. The number of aliphatic hydroxyl groups excluding tert-OH is 2. The lowest BCUT2D eigenvalue weighted by Gasteiger charge is -2.53. The Morgan fingerprint density at radius 1 is 0.939 bits per heavy atom. The Labute approximate surface area is 302 Å². The van der Waals surface area contributed by atoms with Crippen molar-refractivity contribution < 1.29 is 51.4 Å². The van der Waals surface area contributed by atoms with Crippen molar-refractivity contribution in [3.63, 3.8) is 0 Å². The molecular weight excluding hydrogens is 684 g/mol. The van der Waals surface area contributed by atoms with Crippen molar-refractivity contribution in [3.8, 4) is 11.5 Å². The molecule has 0 spiro atoms. The number of hydrogen-bond donors (Lipinski definition) is 5. The van der Waals surface area contributed by atoms with Crippen molar-refractivity contribution in [2.24, 2.45) is 11.8 Å². The molecule has 4 aliphatic rings. The van der Waals surface area contributed by atoms with E-state index < -0.39 is 11.7 Å². The normalized spacial score (nSPS) is 24.6. The second-order valence-corrected chi connectivity index (χ2v) is 14.6. The average molecular weight is 740 g/mol. The van der Waals surface area contributed by atoms with Crippen LogP contribution in [0.3, 0.4) is 0 Å². The van der Waals surface area contributed by atoms with Crippen LogP contribution in [0, 0.1) is 11.8 Å². The number of hydrogen-bond acceptors (Lipinski definition) is 7. The number of halogens is 1. The number of nitrogens with zero attached hydrogens (tertiary/aromatic N) is 1. The molecule has 2 bridgehead atoms. The van der Waals surface area contributed by atoms with Crippen LogP contribution in [0.5, 0.6) is 11.5 Å². The predicted molar refractivity (Wildman–Crippen MR) is 186 cm³/mol. The van der Waals surface area contributed by atoms with Crippen LogP contribution in [0.1, 0.15) is 86.3 Å². The number of piperidine rings is 3. The van der Waals surface area contributed by atoms with E-state index in [4.69, 9.17) is 9.47 Å². The van der Waals surface area contributed by atoms with Gasteiger partial charge in [-0.05, 0) is 66.6 Å². The quantitative estimate of drug-likeness (QED) is 0.114. The van der Waals surface area contributed by atoms with Gasteiger partial charge in [0.05, 0.1) is 45.6 Å². The summed E-state index contributed by atoms with van der Waals surface area (Å²) < 4.78 is 14.0. The van der Waals surface area contributed by atoms with Crippen molar-refractivity contribution >= 4 is 0 Å². The summed E-state index contributed by atoms with van der Waals surface area (Å²) in [7, 11) is 0. The zero-order valence-electron chi connectivity index (χ0n) is 28.9. The molecule has 0 amide bonds. The Morgan fingerprint density at radius 2 is 1.63 bits per heavy atom. The van der Waals surface area contributed by atoms with E-state index in [0.717, 1.165) is 53.7 Å². The van der Waals surface area contributed by atoms with Gasteiger partial charge in [0.1, 0.15) is 29.7 Å². The molecular formula is C40H55BrN2O6. The van der Waals surface area contributed by atoms with Gasteiger partial charge in [-0.15, -0.1) is 0 Å². The molecule has 1 saturated carbocycles. The third-order valence-electron chi connectivity index (χ3n) is 11.6. The van der Waals surface area contributed by atoms with Crippen molar-refractivity contribution in [1.82, 2.24) is 5.32 Å². The fourth-order valence-electron chi connectivity index (χ4n) is 8.43. The highest BCUT2D eigenvalue weighted by Gasteiger charge is 2.48. The Kier molecular flexibility index (Phi) is 13.2. The third-order valence-corrected chi connectivity index (χ3v) is 11.6. The van der Waals surface area contributed by atoms with Gasteiger partial charge in [0.2, 0.25) is 0 Å². The van der Waals surface area contributed by atoms with E-state index in [9.17, 15) is 20.4 Å². The summed E-state index contributed by atoms with van der Waals surface area (Å²) in [6.45, 7) is 7.72. The molecule has 0 aromatic heterocycles. The topological polar surface area (TPSA) is 111 Å². The lowest BCUT2D eigenvalue weighted by molar-refractivity contribution is -0.946. The highest BCUT2D eigenvalue weighted by atomic mass is 79.9. The summed E-state index contributed by atoms with van der Waals surface area (Å²) in [4.78, 5) is 0. The first kappa shape index (κ1) is 37.7. The van der Waals surface area contributed by atoms with E-state index in [1.54, 1.807) is 12.1 Å². The van der Waals surface area contributed by atoms with Gasteiger partial charge in [0.25, 0.3) is 0 Å². The molecule has 1 aliphatic carbocycles. The van der Waals surface area contributed by atoms with Gasteiger partial charge < -0.3 is 56.7 Å². The lowest BCUT2D eigenvalue weighted by atomic mass is 9.80. The highest BCUT2D eigenvalue weighted by Crippen LogP contribution is 2.42. The summed E-state index contributed by atoms with van der Waals surface area (Å²) in [5.74, 6) is 1.74. The van der Waals surface area contributed by atoms with E-state index in [1.807, 2.05) is 30.3 Å². The van der Waals surface area contributed by atoms with Crippen molar-refractivity contribution in [2.45, 2.75) is 82.3 Å². The summed E-state index contributed by atoms with van der Waals surface area (Å²) in [6.07, 6.45) is 7.35. The van der Waals surface area contributed by atoms with E-state index in [2.05, 4.69) is 36.5 Å². The van der Waals surface area contributed by atoms with Crippen LogP contribution in [0.15, 0.2) is 72.8 Å². The smallest absolute Gasteiger partial charge is 0.121 e. The van der Waals surface area contributed by atoms with Crippen LogP contribution in [-0.2, 0) is 16.9 Å². The number of aliphatic hydroxyl groups is 3. The fraction of sp³-hybridized carbons (Fsp3) is 0.550. The Balaban J connectivity index is 0.00000468. The maximum atomic E-state index is 12.0. The molecule has 9 heteroatoms. The van der Waals surface area contributed by atoms with Gasteiger partial charge in [-0.1, -0.05) is 61.4 Å². The second kappa shape index (κ2) is 17.1. The minimum atomic E-state index is -0.911. The third kappa shape index (κ3) is 9.06. The Hall–Kier alpha value is -2.50. The maximum absolute atomic E-state index is 12.0.